The van der Waals surface area contributed by atoms with Crippen molar-refractivity contribution in [1.29, 1.82) is 0 Å². The van der Waals surface area contributed by atoms with Crippen molar-refractivity contribution in [2.75, 3.05) is 20.1 Å². The van der Waals surface area contributed by atoms with E-state index in [4.69, 9.17) is 0 Å². The Morgan fingerprint density at radius 1 is 1.08 bits per heavy atom. The Morgan fingerprint density at radius 2 is 1.42 bits per heavy atom. The lowest BCUT2D eigenvalue weighted by atomic mass is 10.1. The SMILES string of the molecule is C=CC.CC.CN1CCCCC1. The van der Waals surface area contributed by atoms with E-state index in [1.165, 1.54) is 32.4 Å². The number of allylic oxidation sites excluding steroid dienone is 1. The van der Waals surface area contributed by atoms with Crippen LogP contribution in [0.3, 0.4) is 0 Å². The van der Waals surface area contributed by atoms with Crippen LogP contribution in [0.2, 0.25) is 0 Å². The van der Waals surface area contributed by atoms with E-state index in [0.29, 0.717) is 0 Å². The summed E-state index contributed by atoms with van der Waals surface area (Å²) in [7, 11) is 2.19. The summed E-state index contributed by atoms with van der Waals surface area (Å²) in [5.74, 6) is 0. The van der Waals surface area contributed by atoms with Crippen molar-refractivity contribution in [1.82, 2.24) is 4.90 Å². The maximum Gasteiger partial charge on any atom is -0.00218 e. The van der Waals surface area contributed by atoms with Gasteiger partial charge in [-0.1, -0.05) is 26.3 Å². The quantitative estimate of drug-likeness (QED) is 0.505. The van der Waals surface area contributed by atoms with E-state index >= 15 is 0 Å². The number of rotatable bonds is 0. The molecule has 1 nitrogen and oxygen atoms in total. The molecule has 12 heavy (non-hydrogen) atoms. The van der Waals surface area contributed by atoms with Crippen molar-refractivity contribution >= 4 is 0 Å². The number of hydrogen-bond acceptors (Lipinski definition) is 1. The first-order valence-corrected chi connectivity index (χ1v) is 5.07. The zero-order chi connectivity index (χ0) is 9.82. The van der Waals surface area contributed by atoms with Crippen LogP contribution in [-0.4, -0.2) is 25.0 Å². The molecule has 1 aliphatic rings. The Hall–Kier alpha value is -0.300. The van der Waals surface area contributed by atoms with Gasteiger partial charge in [0, 0.05) is 0 Å². The third-order valence-electron chi connectivity index (χ3n) is 1.58. The van der Waals surface area contributed by atoms with E-state index in [1.807, 2.05) is 20.8 Å². The fourth-order valence-corrected chi connectivity index (χ4v) is 1.05. The Bertz CT molecular complexity index is 73.1. The van der Waals surface area contributed by atoms with E-state index in [0.717, 1.165) is 0 Å². The van der Waals surface area contributed by atoms with Crippen molar-refractivity contribution in [3.05, 3.63) is 12.7 Å². The molecule has 0 saturated carbocycles. The van der Waals surface area contributed by atoms with Crippen LogP contribution in [0, 0.1) is 0 Å². The first kappa shape index (κ1) is 14.2. The molecular formula is C11H25N. The van der Waals surface area contributed by atoms with Crippen LogP contribution in [0.5, 0.6) is 0 Å². The molecule has 0 aliphatic carbocycles. The summed E-state index contributed by atoms with van der Waals surface area (Å²) in [6.07, 6.45) is 6.03. The molecule has 0 atom stereocenters. The zero-order valence-electron chi connectivity index (χ0n) is 9.27. The molecule has 0 aromatic carbocycles. The van der Waals surface area contributed by atoms with Crippen molar-refractivity contribution in [3.8, 4) is 0 Å². The molecule has 0 unspecified atom stereocenters. The highest BCUT2D eigenvalue weighted by Crippen LogP contribution is 2.04. The fraction of sp³-hybridized carbons (Fsp3) is 0.818. The molecule has 74 valence electrons. The molecule has 0 bridgehead atoms. The average Bonchev–Trinajstić information content (AvgIpc) is 2.11. The summed E-state index contributed by atoms with van der Waals surface area (Å²) < 4.78 is 0. The molecular weight excluding hydrogens is 146 g/mol. The van der Waals surface area contributed by atoms with Crippen LogP contribution in [0.1, 0.15) is 40.0 Å². The van der Waals surface area contributed by atoms with Crippen molar-refractivity contribution < 1.29 is 0 Å². The van der Waals surface area contributed by atoms with Gasteiger partial charge in [0.15, 0.2) is 0 Å². The van der Waals surface area contributed by atoms with Gasteiger partial charge in [-0.05, 0) is 39.9 Å². The third-order valence-corrected chi connectivity index (χ3v) is 1.58. The van der Waals surface area contributed by atoms with Gasteiger partial charge in [0.1, 0.15) is 0 Å². The topological polar surface area (TPSA) is 3.24 Å². The first-order chi connectivity index (χ1) is 5.81. The van der Waals surface area contributed by atoms with E-state index in [2.05, 4.69) is 18.5 Å². The molecule has 1 fully saturated rings. The molecule has 0 aromatic heterocycles. The van der Waals surface area contributed by atoms with Gasteiger partial charge in [0.25, 0.3) is 0 Å². The highest BCUT2D eigenvalue weighted by atomic mass is 15.1. The van der Waals surface area contributed by atoms with Gasteiger partial charge in [0.2, 0.25) is 0 Å². The number of hydrogen-bond donors (Lipinski definition) is 0. The van der Waals surface area contributed by atoms with Crippen molar-refractivity contribution in [2.24, 2.45) is 0 Å². The summed E-state index contributed by atoms with van der Waals surface area (Å²) >= 11 is 0. The maximum atomic E-state index is 3.36. The molecule has 0 aromatic rings. The average molecular weight is 171 g/mol. The number of likely N-dealkylation sites (tertiary alicyclic amines) is 1. The van der Waals surface area contributed by atoms with Crippen LogP contribution >= 0.6 is 0 Å². The Kier molecular flexibility index (Phi) is 15.8. The minimum Gasteiger partial charge on any atom is -0.306 e. The summed E-state index contributed by atoms with van der Waals surface area (Å²) in [6, 6.07) is 0. The van der Waals surface area contributed by atoms with Gasteiger partial charge in [-0.25, -0.2) is 0 Å². The smallest absolute Gasteiger partial charge is 0.00218 e. The Labute approximate surface area is 78.5 Å². The highest BCUT2D eigenvalue weighted by molar-refractivity contribution is 4.58. The standard InChI is InChI=1S/C6H13N.C3H6.C2H6/c1-7-5-3-2-4-6-7;1-3-2;1-2/h2-6H2,1H3;3H,1H2,2H3;1-2H3. The first-order valence-electron chi connectivity index (χ1n) is 5.07. The molecule has 0 amide bonds. The van der Waals surface area contributed by atoms with Crippen LogP contribution in [0.25, 0.3) is 0 Å². The minimum absolute atomic E-state index is 1.32. The molecule has 1 saturated heterocycles. The monoisotopic (exact) mass is 171 g/mol. The third kappa shape index (κ3) is 12.4. The second kappa shape index (κ2) is 13.3. The van der Waals surface area contributed by atoms with Crippen LogP contribution < -0.4 is 0 Å². The summed E-state index contributed by atoms with van der Waals surface area (Å²) in [5.41, 5.74) is 0. The van der Waals surface area contributed by atoms with Crippen molar-refractivity contribution in [2.45, 2.75) is 40.0 Å². The summed E-state index contributed by atoms with van der Waals surface area (Å²) in [6.45, 7) is 11.9. The van der Waals surface area contributed by atoms with E-state index in [-0.39, 0.29) is 0 Å². The molecule has 1 heteroatoms. The van der Waals surface area contributed by atoms with Gasteiger partial charge in [-0.3, -0.25) is 0 Å². The second-order valence-corrected chi connectivity index (χ2v) is 2.77. The molecule has 1 rings (SSSR count). The molecule has 1 aliphatic heterocycles. The minimum atomic E-state index is 1.32. The van der Waals surface area contributed by atoms with E-state index in [1.54, 1.807) is 6.08 Å². The van der Waals surface area contributed by atoms with Gasteiger partial charge < -0.3 is 4.90 Å². The molecule has 0 N–H and O–H groups in total. The molecule has 1 heterocycles. The Balaban J connectivity index is 0. The summed E-state index contributed by atoms with van der Waals surface area (Å²) in [5, 5.41) is 0. The van der Waals surface area contributed by atoms with Crippen LogP contribution in [-0.2, 0) is 0 Å². The van der Waals surface area contributed by atoms with Crippen LogP contribution in [0.15, 0.2) is 12.7 Å². The normalized spacial score (nSPS) is 16.3. The molecule has 0 radical (unpaired) electrons. The summed E-state index contributed by atoms with van der Waals surface area (Å²) in [4.78, 5) is 2.39. The van der Waals surface area contributed by atoms with Gasteiger partial charge >= 0.3 is 0 Å². The van der Waals surface area contributed by atoms with Gasteiger partial charge in [0.05, 0.1) is 0 Å². The van der Waals surface area contributed by atoms with Crippen molar-refractivity contribution in [3.63, 3.8) is 0 Å². The van der Waals surface area contributed by atoms with E-state index in [9.17, 15) is 0 Å². The van der Waals surface area contributed by atoms with Gasteiger partial charge in [-0.2, -0.15) is 0 Å². The van der Waals surface area contributed by atoms with Crippen LogP contribution in [0.4, 0.5) is 0 Å². The Morgan fingerprint density at radius 3 is 1.58 bits per heavy atom. The lowest BCUT2D eigenvalue weighted by Gasteiger charge is -2.20. The van der Waals surface area contributed by atoms with Gasteiger partial charge in [-0.15, -0.1) is 6.58 Å². The lowest BCUT2D eigenvalue weighted by molar-refractivity contribution is 0.277. The zero-order valence-corrected chi connectivity index (χ0v) is 9.27. The maximum absolute atomic E-state index is 3.36. The number of nitrogens with zero attached hydrogens (tertiary/aromatic N) is 1. The second-order valence-electron chi connectivity index (χ2n) is 2.77. The fourth-order valence-electron chi connectivity index (χ4n) is 1.05. The predicted molar refractivity (Wildman–Crippen MR) is 58.6 cm³/mol. The number of piperidine rings is 1. The highest BCUT2D eigenvalue weighted by Gasteiger charge is 2.02. The lowest BCUT2D eigenvalue weighted by Crippen LogP contribution is -2.24. The predicted octanol–water partition coefficient (Wildman–Crippen LogP) is 3.32. The molecule has 0 spiro atoms. The largest absolute Gasteiger partial charge is 0.306 e. The van der Waals surface area contributed by atoms with E-state index < -0.39 is 0 Å².